The molecule has 0 spiro atoms. The summed E-state index contributed by atoms with van der Waals surface area (Å²) in [6.45, 7) is -0.142. The van der Waals surface area contributed by atoms with Crippen LogP contribution in [0.5, 0.6) is 5.75 Å². The molecule has 0 bridgehead atoms. The summed E-state index contributed by atoms with van der Waals surface area (Å²) in [5.74, 6) is -0.197. The van der Waals surface area contributed by atoms with E-state index in [1.807, 2.05) is 18.2 Å². The van der Waals surface area contributed by atoms with Gasteiger partial charge in [0.1, 0.15) is 11.6 Å². The van der Waals surface area contributed by atoms with Gasteiger partial charge in [-0.1, -0.05) is 6.07 Å². The van der Waals surface area contributed by atoms with Crippen LogP contribution in [-0.2, 0) is 4.79 Å². The highest BCUT2D eigenvalue weighted by Crippen LogP contribution is 2.19. The fourth-order valence-electron chi connectivity index (χ4n) is 1.54. The number of amides is 1. The van der Waals surface area contributed by atoms with Crippen molar-refractivity contribution in [2.75, 3.05) is 17.7 Å². The van der Waals surface area contributed by atoms with Crippen LogP contribution in [0, 0.1) is 9.39 Å². The Bertz CT molecular complexity index is 634. The molecule has 2 aromatic carbocycles. The van der Waals surface area contributed by atoms with E-state index in [4.69, 9.17) is 10.5 Å². The number of nitrogens with one attached hydrogen (secondary N) is 1. The highest BCUT2D eigenvalue weighted by atomic mass is 127. The molecule has 0 aliphatic rings. The minimum Gasteiger partial charge on any atom is -0.484 e. The van der Waals surface area contributed by atoms with E-state index in [1.54, 1.807) is 6.07 Å². The Hall–Kier alpha value is -1.83. The van der Waals surface area contributed by atoms with E-state index in [0.717, 1.165) is 9.64 Å². The van der Waals surface area contributed by atoms with E-state index in [-0.39, 0.29) is 18.2 Å². The van der Waals surface area contributed by atoms with Crippen LogP contribution >= 0.6 is 22.6 Å². The van der Waals surface area contributed by atoms with Crippen LogP contribution in [0.1, 0.15) is 0 Å². The molecule has 4 nitrogen and oxygen atoms in total. The van der Waals surface area contributed by atoms with Crippen molar-refractivity contribution < 1.29 is 13.9 Å². The van der Waals surface area contributed by atoms with Crippen molar-refractivity contribution in [1.29, 1.82) is 0 Å². The summed E-state index contributed by atoms with van der Waals surface area (Å²) in [5.41, 5.74) is 6.14. The number of nitrogen functional groups attached to an aromatic ring is 1. The highest BCUT2D eigenvalue weighted by molar-refractivity contribution is 14.1. The standard InChI is InChI=1S/C14H12FIN2O2/c15-9-4-5-13(12(17)6-9)18-14(19)8-20-11-3-1-2-10(16)7-11/h1-7H,8,17H2,(H,18,19). The molecular weight excluding hydrogens is 374 g/mol. The van der Waals surface area contributed by atoms with Crippen molar-refractivity contribution in [2.24, 2.45) is 0 Å². The predicted octanol–water partition coefficient (Wildman–Crippen LogP) is 3.03. The van der Waals surface area contributed by atoms with Gasteiger partial charge in [-0.25, -0.2) is 4.39 Å². The van der Waals surface area contributed by atoms with Crippen molar-refractivity contribution in [3.8, 4) is 5.75 Å². The summed E-state index contributed by atoms with van der Waals surface area (Å²) < 4.78 is 19.2. The first-order chi connectivity index (χ1) is 9.54. The number of halogens is 2. The Kier molecular flexibility index (Phi) is 4.78. The number of ether oxygens (including phenoxy) is 1. The molecule has 104 valence electrons. The lowest BCUT2D eigenvalue weighted by Gasteiger charge is -2.09. The second-order valence-corrected chi connectivity index (χ2v) is 5.27. The lowest BCUT2D eigenvalue weighted by Crippen LogP contribution is -2.20. The minimum atomic E-state index is -0.449. The van der Waals surface area contributed by atoms with Crippen molar-refractivity contribution in [3.05, 3.63) is 51.9 Å². The first kappa shape index (κ1) is 14.6. The molecule has 0 radical (unpaired) electrons. The molecule has 0 saturated heterocycles. The Morgan fingerprint density at radius 1 is 1.30 bits per heavy atom. The molecule has 0 atom stereocenters. The Balaban J connectivity index is 1.92. The van der Waals surface area contributed by atoms with Gasteiger partial charge in [0.05, 0.1) is 11.4 Å². The molecule has 2 aromatic rings. The highest BCUT2D eigenvalue weighted by Gasteiger charge is 2.07. The van der Waals surface area contributed by atoms with E-state index in [2.05, 4.69) is 27.9 Å². The van der Waals surface area contributed by atoms with Crippen LogP contribution in [0.25, 0.3) is 0 Å². The van der Waals surface area contributed by atoms with Crippen LogP contribution in [-0.4, -0.2) is 12.5 Å². The lowest BCUT2D eigenvalue weighted by atomic mass is 10.2. The number of benzene rings is 2. The van der Waals surface area contributed by atoms with Crippen LogP contribution in [0.3, 0.4) is 0 Å². The van der Waals surface area contributed by atoms with Gasteiger partial charge in [-0.05, 0) is 59.0 Å². The average Bonchev–Trinajstić information content (AvgIpc) is 2.40. The fraction of sp³-hybridized carbons (Fsp3) is 0.0714. The first-order valence-electron chi connectivity index (χ1n) is 5.78. The Morgan fingerprint density at radius 3 is 2.80 bits per heavy atom. The van der Waals surface area contributed by atoms with Gasteiger partial charge >= 0.3 is 0 Å². The first-order valence-corrected chi connectivity index (χ1v) is 6.86. The van der Waals surface area contributed by atoms with Crippen LogP contribution in [0.4, 0.5) is 15.8 Å². The predicted molar refractivity (Wildman–Crippen MR) is 84.1 cm³/mol. The zero-order valence-electron chi connectivity index (χ0n) is 10.4. The van der Waals surface area contributed by atoms with Crippen LogP contribution in [0.2, 0.25) is 0 Å². The normalized spacial score (nSPS) is 10.1. The molecule has 0 heterocycles. The van der Waals surface area contributed by atoms with Crippen LogP contribution < -0.4 is 15.8 Å². The van der Waals surface area contributed by atoms with Crippen molar-refractivity contribution >= 4 is 39.9 Å². The number of hydrogen-bond acceptors (Lipinski definition) is 3. The molecule has 20 heavy (non-hydrogen) atoms. The second kappa shape index (κ2) is 6.56. The molecule has 1 amide bonds. The number of anilines is 2. The zero-order chi connectivity index (χ0) is 14.5. The van der Waals surface area contributed by atoms with E-state index >= 15 is 0 Å². The van der Waals surface area contributed by atoms with E-state index < -0.39 is 5.82 Å². The maximum absolute atomic E-state index is 12.9. The topological polar surface area (TPSA) is 64.3 Å². The number of rotatable bonds is 4. The molecule has 3 N–H and O–H groups in total. The van der Waals surface area contributed by atoms with Gasteiger partial charge in [0, 0.05) is 3.57 Å². The molecule has 0 aromatic heterocycles. The lowest BCUT2D eigenvalue weighted by molar-refractivity contribution is -0.118. The molecule has 0 aliphatic carbocycles. The Morgan fingerprint density at radius 2 is 2.10 bits per heavy atom. The molecule has 0 saturated carbocycles. The maximum Gasteiger partial charge on any atom is 0.262 e. The van der Waals surface area contributed by atoms with Crippen LogP contribution in [0.15, 0.2) is 42.5 Å². The molecule has 2 rings (SSSR count). The third kappa shape index (κ3) is 4.09. The molecule has 6 heteroatoms. The maximum atomic E-state index is 12.9. The van der Waals surface area contributed by atoms with Gasteiger partial charge in [0.25, 0.3) is 5.91 Å². The quantitative estimate of drug-likeness (QED) is 0.627. The van der Waals surface area contributed by atoms with Gasteiger partial charge in [-0.3, -0.25) is 4.79 Å². The number of nitrogens with two attached hydrogens (primary N) is 1. The zero-order valence-corrected chi connectivity index (χ0v) is 12.6. The van der Waals surface area contributed by atoms with E-state index in [9.17, 15) is 9.18 Å². The smallest absolute Gasteiger partial charge is 0.262 e. The molecule has 0 unspecified atom stereocenters. The SMILES string of the molecule is Nc1cc(F)ccc1NC(=O)COc1cccc(I)c1. The third-order valence-corrected chi connectivity index (χ3v) is 3.12. The fourth-order valence-corrected chi connectivity index (χ4v) is 2.05. The van der Waals surface area contributed by atoms with Crippen molar-refractivity contribution in [1.82, 2.24) is 0 Å². The number of hydrogen-bond donors (Lipinski definition) is 2. The summed E-state index contributed by atoms with van der Waals surface area (Å²) in [5, 5.41) is 2.56. The van der Waals surface area contributed by atoms with Gasteiger partial charge in [0.2, 0.25) is 0 Å². The number of carbonyl (C=O) groups excluding carboxylic acids is 1. The molecule has 0 fully saturated rings. The summed E-state index contributed by atoms with van der Waals surface area (Å²) in [7, 11) is 0. The number of carbonyl (C=O) groups is 1. The summed E-state index contributed by atoms with van der Waals surface area (Å²) in [6.07, 6.45) is 0. The van der Waals surface area contributed by atoms with Gasteiger partial charge in [-0.2, -0.15) is 0 Å². The van der Waals surface area contributed by atoms with Gasteiger partial charge < -0.3 is 15.8 Å². The monoisotopic (exact) mass is 386 g/mol. The Labute approximate surface area is 129 Å². The van der Waals surface area contributed by atoms with Crippen molar-refractivity contribution in [3.63, 3.8) is 0 Å². The summed E-state index contributed by atoms with van der Waals surface area (Å²) in [6, 6.07) is 11.1. The summed E-state index contributed by atoms with van der Waals surface area (Å²) >= 11 is 2.16. The van der Waals surface area contributed by atoms with Gasteiger partial charge in [0.15, 0.2) is 6.61 Å². The largest absolute Gasteiger partial charge is 0.484 e. The molecule has 0 aliphatic heterocycles. The minimum absolute atomic E-state index is 0.142. The molecular formula is C14H12FIN2O2. The van der Waals surface area contributed by atoms with Crippen molar-refractivity contribution in [2.45, 2.75) is 0 Å². The summed E-state index contributed by atoms with van der Waals surface area (Å²) in [4.78, 5) is 11.7. The van der Waals surface area contributed by atoms with E-state index in [0.29, 0.717) is 11.4 Å². The van der Waals surface area contributed by atoms with Gasteiger partial charge in [-0.15, -0.1) is 0 Å². The second-order valence-electron chi connectivity index (χ2n) is 4.03. The van der Waals surface area contributed by atoms with E-state index in [1.165, 1.54) is 12.1 Å². The third-order valence-electron chi connectivity index (χ3n) is 2.45. The average molecular weight is 386 g/mol.